The Kier molecular flexibility index (Phi) is 3.39. The molecule has 0 saturated heterocycles. The van der Waals surface area contributed by atoms with Crippen molar-refractivity contribution in [1.82, 2.24) is 4.98 Å². The molecule has 0 radical (unpaired) electrons. The van der Waals surface area contributed by atoms with Crippen molar-refractivity contribution in [2.45, 2.75) is 13.5 Å². The van der Waals surface area contributed by atoms with Crippen molar-refractivity contribution in [2.75, 3.05) is 5.32 Å². The Balaban J connectivity index is 2.17. The molecule has 0 saturated carbocycles. The lowest BCUT2D eigenvalue weighted by molar-refractivity contribution is 0.0698. The Hall–Kier alpha value is -1.88. The van der Waals surface area contributed by atoms with Gasteiger partial charge in [-0.3, -0.25) is 0 Å². The summed E-state index contributed by atoms with van der Waals surface area (Å²) in [7, 11) is 0. The van der Waals surface area contributed by atoms with Gasteiger partial charge in [-0.15, -0.1) is 11.3 Å². The van der Waals surface area contributed by atoms with Gasteiger partial charge >= 0.3 is 5.97 Å². The third-order valence-electron chi connectivity index (χ3n) is 2.35. The standard InChI is InChI=1S/C12H12N2O2S/c1-8-2-3-11(10(4-8)12(15)16)13-5-9-6-17-7-14-9/h2-4,6-7,13H,5H2,1H3,(H,15,16). The topological polar surface area (TPSA) is 62.2 Å². The van der Waals surface area contributed by atoms with Crippen molar-refractivity contribution in [3.05, 3.63) is 45.9 Å². The van der Waals surface area contributed by atoms with Crippen LogP contribution in [0, 0.1) is 6.92 Å². The molecule has 17 heavy (non-hydrogen) atoms. The molecule has 5 heteroatoms. The van der Waals surface area contributed by atoms with Crippen LogP contribution in [0.2, 0.25) is 0 Å². The zero-order chi connectivity index (χ0) is 12.3. The van der Waals surface area contributed by atoms with Crippen LogP contribution in [0.1, 0.15) is 21.6 Å². The molecule has 0 atom stereocenters. The fourth-order valence-corrected chi connectivity index (χ4v) is 2.06. The van der Waals surface area contributed by atoms with Gasteiger partial charge in [-0.2, -0.15) is 0 Å². The highest BCUT2D eigenvalue weighted by atomic mass is 32.1. The van der Waals surface area contributed by atoms with Crippen LogP contribution >= 0.6 is 11.3 Å². The average Bonchev–Trinajstić information content (AvgIpc) is 2.80. The number of hydrogen-bond donors (Lipinski definition) is 2. The molecule has 1 aromatic heterocycles. The van der Waals surface area contributed by atoms with E-state index in [9.17, 15) is 4.79 Å². The minimum atomic E-state index is -0.922. The number of aromatic nitrogens is 1. The molecule has 0 aliphatic heterocycles. The number of benzene rings is 1. The number of aryl methyl sites for hydroxylation is 1. The maximum absolute atomic E-state index is 11.1. The highest BCUT2D eigenvalue weighted by Gasteiger charge is 2.09. The predicted molar refractivity (Wildman–Crippen MR) is 67.6 cm³/mol. The van der Waals surface area contributed by atoms with E-state index in [-0.39, 0.29) is 0 Å². The summed E-state index contributed by atoms with van der Waals surface area (Å²) in [4.78, 5) is 15.2. The summed E-state index contributed by atoms with van der Waals surface area (Å²) in [6.45, 7) is 2.41. The summed E-state index contributed by atoms with van der Waals surface area (Å²) < 4.78 is 0. The quantitative estimate of drug-likeness (QED) is 0.873. The normalized spacial score (nSPS) is 10.2. The van der Waals surface area contributed by atoms with Crippen LogP contribution in [0.4, 0.5) is 5.69 Å². The Bertz CT molecular complexity index is 523. The first kappa shape index (κ1) is 11.6. The number of thiazole rings is 1. The lowest BCUT2D eigenvalue weighted by Gasteiger charge is -2.09. The van der Waals surface area contributed by atoms with E-state index in [2.05, 4.69) is 10.3 Å². The Morgan fingerprint density at radius 3 is 3.00 bits per heavy atom. The van der Waals surface area contributed by atoms with Gasteiger partial charge in [0.25, 0.3) is 0 Å². The first-order valence-corrected chi connectivity index (χ1v) is 6.06. The van der Waals surface area contributed by atoms with Crippen molar-refractivity contribution < 1.29 is 9.90 Å². The van der Waals surface area contributed by atoms with Crippen LogP contribution in [-0.2, 0) is 6.54 Å². The summed E-state index contributed by atoms with van der Waals surface area (Å²) in [5.41, 5.74) is 4.51. The second-order valence-electron chi connectivity index (χ2n) is 3.69. The molecule has 2 N–H and O–H groups in total. The molecular weight excluding hydrogens is 236 g/mol. The Labute approximate surface area is 103 Å². The van der Waals surface area contributed by atoms with E-state index in [0.717, 1.165) is 11.3 Å². The molecular formula is C12H12N2O2S. The van der Waals surface area contributed by atoms with E-state index in [0.29, 0.717) is 17.8 Å². The number of carbonyl (C=O) groups is 1. The van der Waals surface area contributed by atoms with Crippen molar-refractivity contribution in [3.8, 4) is 0 Å². The maximum atomic E-state index is 11.1. The molecule has 0 unspecified atom stereocenters. The third-order valence-corrected chi connectivity index (χ3v) is 2.98. The average molecular weight is 248 g/mol. The highest BCUT2D eigenvalue weighted by Crippen LogP contribution is 2.18. The zero-order valence-electron chi connectivity index (χ0n) is 9.30. The molecule has 0 aliphatic carbocycles. The molecule has 2 aromatic rings. The van der Waals surface area contributed by atoms with Gasteiger partial charge in [0, 0.05) is 11.1 Å². The Morgan fingerprint density at radius 2 is 2.35 bits per heavy atom. The van der Waals surface area contributed by atoms with Crippen LogP contribution < -0.4 is 5.32 Å². The molecule has 0 fully saturated rings. The number of nitrogens with one attached hydrogen (secondary N) is 1. The van der Waals surface area contributed by atoms with E-state index in [1.807, 2.05) is 18.4 Å². The Morgan fingerprint density at radius 1 is 1.53 bits per heavy atom. The van der Waals surface area contributed by atoms with Gasteiger partial charge < -0.3 is 10.4 Å². The second-order valence-corrected chi connectivity index (χ2v) is 4.41. The van der Waals surface area contributed by atoms with Gasteiger partial charge in [0.2, 0.25) is 0 Å². The summed E-state index contributed by atoms with van der Waals surface area (Å²) in [6.07, 6.45) is 0. The SMILES string of the molecule is Cc1ccc(NCc2cscn2)c(C(=O)O)c1. The number of anilines is 1. The monoisotopic (exact) mass is 248 g/mol. The van der Waals surface area contributed by atoms with Gasteiger partial charge in [0.15, 0.2) is 0 Å². The van der Waals surface area contributed by atoms with Crippen molar-refractivity contribution >= 4 is 23.0 Å². The smallest absolute Gasteiger partial charge is 0.337 e. The summed E-state index contributed by atoms with van der Waals surface area (Å²) in [6, 6.07) is 5.33. The summed E-state index contributed by atoms with van der Waals surface area (Å²) in [5, 5.41) is 14.1. The number of aromatic carboxylic acids is 1. The van der Waals surface area contributed by atoms with Crippen molar-refractivity contribution in [2.24, 2.45) is 0 Å². The van der Waals surface area contributed by atoms with Gasteiger partial charge in [0.1, 0.15) is 0 Å². The van der Waals surface area contributed by atoms with E-state index in [4.69, 9.17) is 5.11 Å². The number of carboxylic acid groups (broad SMARTS) is 1. The fourth-order valence-electron chi connectivity index (χ4n) is 1.50. The van der Waals surface area contributed by atoms with E-state index >= 15 is 0 Å². The number of hydrogen-bond acceptors (Lipinski definition) is 4. The van der Waals surface area contributed by atoms with Crippen LogP contribution in [0.15, 0.2) is 29.1 Å². The molecule has 0 aliphatic rings. The lowest BCUT2D eigenvalue weighted by atomic mass is 10.1. The van der Waals surface area contributed by atoms with E-state index < -0.39 is 5.97 Å². The molecule has 88 valence electrons. The van der Waals surface area contributed by atoms with Gasteiger partial charge in [-0.25, -0.2) is 9.78 Å². The molecule has 0 spiro atoms. The fraction of sp³-hybridized carbons (Fsp3) is 0.167. The number of carboxylic acids is 1. The van der Waals surface area contributed by atoms with Gasteiger partial charge in [-0.05, 0) is 19.1 Å². The largest absolute Gasteiger partial charge is 0.478 e. The number of nitrogens with zero attached hydrogens (tertiary/aromatic N) is 1. The van der Waals surface area contributed by atoms with E-state index in [1.165, 1.54) is 11.3 Å². The molecule has 0 bridgehead atoms. The first-order valence-electron chi connectivity index (χ1n) is 5.11. The highest BCUT2D eigenvalue weighted by molar-refractivity contribution is 7.07. The number of rotatable bonds is 4. The minimum Gasteiger partial charge on any atom is -0.478 e. The third kappa shape index (κ3) is 2.82. The maximum Gasteiger partial charge on any atom is 0.337 e. The molecule has 2 rings (SSSR count). The van der Waals surface area contributed by atoms with E-state index in [1.54, 1.807) is 17.6 Å². The van der Waals surface area contributed by atoms with Crippen LogP contribution in [0.3, 0.4) is 0 Å². The predicted octanol–water partition coefficient (Wildman–Crippen LogP) is 2.76. The summed E-state index contributed by atoms with van der Waals surface area (Å²) in [5.74, 6) is -0.922. The van der Waals surface area contributed by atoms with Crippen molar-refractivity contribution in [1.29, 1.82) is 0 Å². The minimum absolute atomic E-state index is 0.292. The van der Waals surface area contributed by atoms with Gasteiger partial charge in [0.05, 0.1) is 23.3 Å². The van der Waals surface area contributed by atoms with Crippen molar-refractivity contribution in [3.63, 3.8) is 0 Å². The van der Waals surface area contributed by atoms with Crippen LogP contribution in [0.25, 0.3) is 0 Å². The van der Waals surface area contributed by atoms with Crippen LogP contribution in [-0.4, -0.2) is 16.1 Å². The summed E-state index contributed by atoms with van der Waals surface area (Å²) >= 11 is 1.52. The molecule has 0 amide bonds. The molecule has 1 aromatic carbocycles. The van der Waals surface area contributed by atoms with Crippen LogP contribution in [0.5, 0.6) is 0 Å². The molecule has 1 heterocycles. The van der Waals surface area contributed by atoms with Gasteiger partial charge in [-0.1, -0.05) is 11.6 Å². The zero-order valence-corrected chi connectivity index (χ0v) is 10.1. The first-order chi connectivity index (χ1) is 8.16. The molecule has 4 nitrogen and oxygen atoms in total. The second kappa shape index (κ2) is 4.97. The lowest BCUT2D eigenvalue weighted by Crippen LogP contribution is -2.06.